The van der Waals surface area contributed by atoms with Crippen LogP contribution >= 0.6 is 12.4 Å². The molecule has 0 aliphatic carbocycles. The molecule has 0 bridgehead atoms. The highest BCUT2D eigenvalue weighted by molar-refractivity contribution is 5.85. The Balaban J connectivity index is 0.000000810. The van der Waals surface area contributed by atoms with E-state index in [1.54, 1.807) is 0 Å². The van der Waals surface area contributed by atoms with Gasteiger partial charge in [0.1, 0.15) is 12.9 Å². The summed E-state index contributed by atoms with van der Waals surface area (Å²) < 4.78 is 1.50. The van der Waals surface area contributed by atoms with Gasteiger partial charge in [0.25, 0.3) is 0 Å². The Morgan fingerprint density at radius 3 is 2.90 bits per heavy atom. The smallest absolute Gasteiger partial charge is 0.239 e. The van der Waals surface area contributed by atoms with Crippen molar-refractivity contribution < 1.29 is 0 Å². The Morgan fingerprint density at radius 1 is 1.80 bits per heavy atom. The molecule has 4 nitrogen and oxygen atoms in total. The molecule has 1 aromatic rings. The van der Waals surface area contributed by atoms with Gasteiger partial charge in [-0.1, -0.05) is 5.92 Å². The molecule has 0 aliphatic heterocycles. The number of nitrogen functional groups attached to an aromatic ring is 1. The van der Waals surface area contributed by atoms with Gasteiger partial charge in [-0.3, -0.25) is 0 Å². The lowest BCUT2D eigenvalue weighted by atomic mass is 10.7. The summed E-state index contributed by atoms with van der Waals surface area (Å²) in [6.07, 6.45) is 6.49. The zero-order valence-corrected chi connectivity index (χ0v) is 6.01. The first-order valence-corrected chi connectivity index (χ1v) is 2.41. The van der Waals surface area contributed by atoms with Crippen LogP contribution in [0, 0.1) is 12.3 Å². The van der Waals surface area contributed by atoms with E-state index in [1.807, 2.05) is 0 Å². The maximum absolute atomic E-state index is 5.20. The van der Waals surface area contributed by atoms with E-state index in [4.69, 9.17) is 12.2 Å². The van der Waals surface area contributed by atoms with Gasteiger partial charge in [-0.05, 0) is 0 Å². The van der Waals surface area contributed by atoms with Crippen molar-refractivity contribution in [3.8, 4) is 12.3 Å². The molecule has 5 heteroatoms. The Morgan fingerprint density at radius 2 is 2.50 bits per heavy atom. The lowest BCUT2D eigenvalue weighted by Gasteiger charge is -1.86. The Bertz CT molecular complexity index is 236. The van der Waals surface area contributed by atoms with Crippen LogP contribution < -0.4 is 5.73 Å². The number of halogens is 1. The molecule has 0 unspecified atom stereocenters. The third kappa shape index (κ3) is 1.96. The topological polar surface area (TPSA) is 56.7 Å². The monoisotopic (exact) mass is 158 g/mol. The van der Waals surface area contributed by atoms with E-state index >= 15 is 0 Å². The van der Waals surface area contributed by atoms with Crippen molar-refractivity contribution in [2.75, 3.05) is 5.73 Å². The fraction of sp³-hybridized carbons (Fsp3) is 0.200. The van der Waals surface area contributed by atoms with Gasteiger partial charge in [-0.25, -0.2) is 9.67 Å². The summed E-state index contributed by atoms with van der Waals surface area (Å²) in [5, 5.41) is 3.74. The number of terminal acetylenes is 1. The highest BCUT2D eigenvalue weighted by Crippen LogP contribution is 1.86. The first-order chi connectivity index (χ1) is 4.33. The van der Waals surface area contributed by atoms with Gasteiger partial charge in [-0.2, -0.15) is 0 Å². The van der Waals surface area contributed by atoms with E-state index in [9.17, 15) is 0 Å². The molecule has 0 spiro atoms. The fourth-order valence-electron chi connectivity index (χ4n) is 0.479. The zero-order chi connectivity index (χ0) is 6.69. The average Bonchev–Trinajstić information content (AvgIpc) is 2.17. The predicted molar refractivity (Wildman–Crippen MR) is 40.5 cm³/mol. The van der Waals surface area contributed by atoms with Crippen LogP contribution in [-0.4, -0.2) is 14.8 Å². The SMILES string of the molecule is C#CCn1cnc(N)n1.Cl. The van der Waals surface area contributed by atoms with Crippen molar-refractivity contribution in [2.45, 2.75) is 6.54 Å². The minimum atomic E-state index is 0. The van der Waals surface area contributed by atoms with Crippen molar-refractivity contribution in [2.24, 2.45) is 0 Å². The lowest BCUT2D eigenvalue weighted by molar-refractivity contribution is 0.716. The Labute approximate surface area is 64.8 Å². The number of nitrogens with zero attached hydrogens (tertiary/aromatic N) is 3. The number of nitrogens with two attached hydrogens (primary N) is 1. The molecular weight excluding hydrogens is 152 g/mol. The molecule has 0 saturated carbocycles. The van der Waals surface area contributed by atoms with E-state index in [-0.39, 0.29) is 18.4 Å². The van der Waals surface area contributed by atoms with Crippen LogP contribution in [0.2, 0.25) is 0 Å². The molecule has 54 valence electrons. The molecule has 0 aliphatic rings. The molecule has 0 amide bonds. The Hall–Kier alpha value is -1.21. The largest absolute Gasteiger partial charge is 0.367 e. The van der Waals surface area contributed by atoms with Crippen LogP contribution in [0.25, 0.3) is 0 Å². The van der Waals surface area contributed by atoms with Gasteiger partial charge in [0.15, 0.2) is 0 Å². The van der Waals surface area contributed by atoms with Gasteiger partial charge in [0.2, 0.25) is 5.95 Å². The van der Waals surface area contributed by atoms with Gasteiger partial charge in [-0.15, -0.1) is 23.9 Å². The predicted octanol–water partition coefficient (Wildman–Crippen LogP) is -0.0847. The molecule has 0 saturated heterocycles. The highest BCUT2D eigenvalue weighted by atomic mass is 35.5. The fourth-order valence-corrected chi connectivity index (χ4v) is 0.479. The van der Waals surface area contributed by atoms with E-state index in [2.05, 4.69) is 16.0 Å². The number of anilines is 1. The first-order valence-electron chi connectivity index (χ1n) is 2.41. The van der Waals surface area contributed by atoms with Crippen molar-refractivity contribution in [1.29, 1.82) is 0 Å². The number of aromatic nitrogens is 3. The summed E-state index contributed by atoms with van der Waals surface area (Å²) in [6.45, 7) is 0.421. The van der Waals surface area contributed by atoms with E-state index < -0.39 is 0 Å². The summed E-state index contributed by atoms with van der Waals surface area (Å²) in [5.41, 5.74) is 5.20. The van der Waals surface area contributed by atoms with Gasteiger partial charge in [0.05, 0.1) is 0 Å². The van der Waals surface area contributed by atoms with Crippen molar-refractivity contribution >= 4 is 18.4 Å². The molecule has 10 heavy (non-hydrogen) atoms. The van der Waals surface area contributed by atoms with Crippen molar-refractivity contribution in [1.82, 2.24) is 14.8 Å². The first kappa shape index (κ1) is 8.79. The lowest BCUT2D eigenvalue weighted by Crippen LogP contribution is -1.96. The third-order valence-electron chi connectivity index (χ3n) is 0.807. The van der Waals surface area contributed by atoms with E-state index in [0.717, 1.165) is 0 Å². The van der Waals surface area contributed by atoms with Crippen molar-refractivity contribution in [3.05, 3.63) is 6.33 Å². The van der Waals surface area contributed by atoms with Crippen LogP contribution in [0.5, 0.6) is 0 Å². The molecule has 0 aromatic carbocycles. The summed E-state index contributed by atoms with van der Waals surface area (Å²) in [7, 11) is 0. The maximum Gasteiger partial charge on any atom is 0.239 e. The second-order valence-electron chi connectivity index (χ2n) is 1.50. The normalized spacial score (nSPS) is 7.90. The van der Waals surface area contributed by atoms with Gasteiger partial charge >= 0.3 is 0 Å². The van der Waals surface area contributed by atoms with Crippen molar-refractivity contribution in [3.63, 3.8) is 0 Å². The number of hydrogen-bond acceptors (Lipinski definition) is 3. The maximum atomic E-state index is 5.20. The van der Waals surface area contributed by atoms with Gasteiger partial charge in [0, 0.05) is 0 Å². The highest BCUT2D eigenvalue weighted by Gasteiger charge is 1.89. The van der Waals surface area contributed by atoms with Crippen LogP contribution in [0.1, 0.15) is 0 Å². The average molecular weight is 159 g/mol. The second kappa shape index (κ2) is 3.75. The molecule has 0 radical (unpaired) electrons. The summed E-state index contributed by atoms with van der Waals surface area (Å²) >= 11 is 0. The van der Waals surface area contributed by atoms with E-state index in [0.29, 0.717) is 6.54 Å². The molecule has 0 atom stereocenters. The summed E-state index contributed by atoms with van der Waals surface area (Å²) in [5.74, 6) is 2.66. The minimum Gasteiger partial charge on any atom is -0.367 e. The molecule has 1 rings (SSSR count). The quantitative estimate of drug-likeness (QED) is 0.582. The molecule has 1 aromatic heterocycles. The standard InChI is InChI=1S/C5H6N4.ClH/c1-2-3-9-4-7-5(6)8-9;/h1,4H,3H2,(H2,6,8);1H. The van der Waals surface area contributed by atoms with Crippen LogP contribution in [0.4, 0.5) is 5.95 Å². The molecule has 2 N–H and O–H groups in total. The molecular formula is C5H7ClN4. The molecule has 0 fully saturated rings. The Kier molecular flexibility index (Phi) is 3.29. The molecule has 1 heterocycles. The van der Waals surface area contributed by atoms with Crippen LogP contribution in [-0.2, 0) is 6.54 Å². The van der Waals surface area contributed by atoms with E-state index in [1.165, 1.54) is 11.0 Å². The summed E-state index contributed by atoms with van der Waals surface area (Å²) in [4.78, 5) is 3.67. The van der Waals surface area contributed by atoms with Gasteiger partial charge < -0.3 is 5.73 Å². The zero-order valence-electron chi connectivity index (χ0n) is 5.19. The minimum absolute atomic E-state index is 0. The second-order valence-corrected chi connectivity index (χ2v) is 1.50. The number of hydrogen-bond donors (Lipinski definition) is 1. The third-order valence-corrected chi connectivity index (χ3v) is 0.807. The summed E-state index contributed by atoms with van der Waals surface area (Å²) in [6, 6.07) is 0. The van der Waals surface area contributed by atoms with Crippen LogP contribution in [0.15, 0.2) is 6.33 Å². The number of rotatable bonds is 1. The van der Waals surface area contributed by atoms with Crippen LogP contribution in [0.3, 0.4) is 0 Å².